The van der Waals surface area contributed by atoms with Gasteiger partial charge in [0.25, 0.3) is 0 Å². The van der Waals surface area contributed by atoms with Gasteiger partial charge in [-0.1, -0.05) is 0 Å². The first-order chi connectivity index (χ1) is 7.00. The molecule has 1 radical (unpaired) electrons. The van der Waals surface area contributed by atoms with Gasteiger partial charge in [-0.3, -0.25) is 9.59 Å². The number of hydrogen-bond donors (Lipinski definition) is 2. The maximum absolute atomic E-state index is 11.1. The van der Waals surface area contributed by atoms with E-state index in [0.29, 0.717) is 26.0 Å². The van der Waals surface area contributed by atoms with Gasteiger partial charge in [0.15, 0.2) is 0 Å². The van der Waals surface area contributed by atoms with Gasteiger partial charge in [-0.25, -0.2) is 5.32 Å². The molecule has 15 heavy (non-hydrogen) atoms. The number of anilines is 2. The number of carbonyl (C=O) groups is 2. The van der Waals surface area contributed by atoms with Crippen molar-refractivity contribution in [2.24, 2.45) is 0 Å². The van der Waals surface area contributed by atoms with E-state index in [-0.39, 0.29) is 0 Å². The molecule has 0 fully saturated rings. The third kappa shape index (κ3) is 1.61. The summed E-state index contributed by atoms with van der Waals surface area (Å²) in [6.07, 6.45) is 0. The number of amides is 2. The van der Waals surface area contributed by atoms with Gasteiger partial charge in [-0.15, -0.1) is 0 Å². The van der Waals surface area contributed by atoms with Gasteiger partial charge < -0.3 is 11.1 Å². The van der Waals surface area contributed by atoms with Gasteiger partial charge in [0.1, 0.15) is 5.69 Å². The summed E-state index contributed by atoms with van der Waals surface area (Å²) in [4.78, 5) is 22.1. The van der Waals surface area contributed by atoms with Crippen LogP contribution in [0.25, 0.3) is 0 Å². The van der Waals surface area contributed by atoms with E-state index in [2.05, 4.69) is 42.5 Å². The number of hydrogen-bond acceptors (Lipinski definition) is 3. The number of carbonyl (C=O) groups excluding carboxylic acids is 2. The second-order valence-corrected chi connectivity index (χ2v) is 4.56. The summed E-state index contributed by atoms with van der Waals surface area (Å²) in [5.41, 5.74) is 6.77. The Kier molecular flexibility index (Phi) is 2.43. The number of fused-ring (bicyclic) bond motifs is 1. The van der Waals surface area contributed by atoms with Crippen molar-refractivity contribution in [3.05, 3.63) is 15.0 Å². The number of halogens is 2. The lowest BCUT2D eigenvalue weighted by Gasteiger charge is -2.19. The molecule has 1 heterocycles. The quantitative estimate of drug-likeness (QED) is 0.557. The molecule has 0 saturated carbocycles. The molecule has 1 aromatic rings. The van der Waals surface area contributed by atoms with E-state index in [4.69, 9.17) is 5.73 Å². The van der Waals surface area contributed by atoms with Crippen molar-refractivity contribution in [3.63, 3.8) is 0 Å². The smallest absolute Gasteiger partial charge is 0.335 e. The SMILES string of the molecule is Nc1c(Br)cc(Br)c2c1NC(=O)C(=O)[N]2. The van der Waals surface area contributed by atoms with Crippen LogP contribution in [-0.2, 0) is 9.59 Å². The van der Waals surface area contributed by atoms with Crippen molar-refractivity contribution in [1.82, 2.24) is 5.32 Å². The van der Waals surface area contributed by atoms with Crippen LogP contribution in [0, 0.1) is 0 Å². The fourth-order valence-corrected chi connectivity index (χ4v) is 2.43. The van der Waals surface area contributed by atoms with Crippen LogP contribution in [0.3, 0.4) is 0 Å². The third-order valence-corrected chi connectivity index (χ3v) is 3.15. The number of nitrogens with two attached hydrogens (primary N) is 1. The maximum atomic E-state index is 11.1. The van der Waals surface area contributed by atoms with Crippen LogP contribution < -0.4 is 16.4 Å². The minimum atomic E-state index is -0.829. The van der Waals surface area contributed by atoms with Crippen LogP contribution in [0.15, 0.2) is 15.0 Å². The Labute approximate surface area is 102 Å². The first-order valence-corrected chi connectivity index (χ1v) is 5.44. The van der Waals surface area contributed by atoms with Crippen LogP contribution in [-0.4, -0.2) is 11.8 Å². The Hall–Kier alpha value is -1.08. The molecule has 1 aliphatic rings. The fourth-order valence-electron chi connectivity index (χ4n) is 1.18. The molecule has 0 saturated heterocycles. The highest BCUT2D eigenvalue weighted by molar-refractivity contribution is 9.11. The number of nitrogen functional groups attached to an aromatic ring is 1. The molecular formula is C8H4Br2N3O2. The van der Waals surface area contributed by atoms with Gasteiger partial charge in [-0.2, -0.15) is 0 Å². The lowest BCUT2D eigenvalue weighted by Crippen LogP contribution is -2.34. The highest BCUT2D eigenvalue weighted by Crippen LogP contribution is 2.42. The standard InChI is InChI=1S/C8H4Br2N3O2/c9-2-1-3(10)5-6(4(2)11)13-8(15)7(14)12-5/h1H,11H2,(H,13,15). The third-order valence-electron chi connectivity index (χ3n) is 1.89. The first kappa shape index (κ1) is 10.4. The maximum Gasteiger partial charge on any atom is 0.335 e. The van der Waals surface area contributed by atoms with Crippen LogP contribution >= 0.6 is 31.9 Å². The molecule has 0 aromatic heterocycles. The lowest BCUT2D eigenvalue weighted by atomic mass is 10.2. The Morgan fingerprint density at radius 2 is 1.93 bits per heavy atom. The number of rotatable bonds is 0. The Balaban J connectivity index is 2.66. The van der Waals surface area contributed by atoms with Crippen LogP contribution in [0.4, 0.5) is 17.1 Å². The minimum Gasteiger partial charge on any atom is -0.396 e. The average Bonchev–Trinajstić information content (AvgIpc) is 2.18. The van der Waals surface area contributed by atoms with Gasteiger partial charge in [-0.05, 0) is 37.9 Å². The van der Waals surface area contributed by atoms with E-state index in [0.717, 1.165) is 0 Å². The summed E-state index contributed by atoms with van der Waals surface area (Å²) < 4.78 is 1.21. The summed E-state index contributed by atoms with van der Waals surface area (Å²) in [6.45, 7) is 0. The van der Waals surface area contributed by atoms with Crippen molar-refractivity contribution < 1.29 is 9.59 Å². The predicted molar refractivity (Wildman–Crippen MR) is 61.7 cm³/mol. The highest BCUT2D eigenvalue weighted by atomic mass is 79.9. The topological polar surface area (TPSA) is 86.3 Å². The molecule has 5 nitrogen and oxygen atoms in total. The van der Waals surface area contributed by atoms with E-state index in [1.807, 2.05) is 0 Å². The van der Waals surface area contributed by atoms with Crippen molar-refractivity contribution in [2.75, 3.05) is 11.1 Å². The molecule has 2 rings (SSSR count). The molecule has 77 valence electrons. The van der Waals surface area contributed by atoms with Gasteiger partial charge in [0.2, 0.25) is 0 Å². The Morgan fingerprint density at radius 1 is 1.27 bits per heavy atom. The zero-order chi connectivity index (χ0) is 11.2. The van der Waals surface area contributed by atoms with Gasteiger partial charge in [0.05, 0.1) is 11.4 Å². The molecule has 0 spiro atoms. The molecule has 3 N–H and O–H groups in total. The van der Waals surface area contributed by atoms with E-state index in [1.54, 1.807) is 6.07 Å². The number of nitrogens with one attached hydrogen (secondary N) is 1. The molecule has 7 heteroatoms. The first-order valence-electron chi connectivity index (χ1n) is 3.85. The highest BCUT2D eigenvalue weighted by Gasteiger charge is 2.28. The molecule has 0 aliphatic carbocycles. The van der Waals surface area contributed by atoms with Crippen LogP contribution in [0.2, 0.25) is 0 Å². The molecular weight excluding hydrogens is 330 g/mol. The molecule has 0 atom stereocenters. The normalized spacial score (nSPS) is 14.3. The number of benzene rings is 1. The van der Waals surface area contributed by atoms with Gasteiger partial charge >= 0.3 is 11.8 Å². The Bertz CT molecular complexity index is 487. The molecule has 0 bridgehead atoms. The van der Waals surface area contributed by atoms with E-state index >= 15 is 0 Å². The summed E-state index contributed by atoms with van der Waals surface area (Å²) in [5, 5.41) is 6.02. The summed E-state index contributed by atoms with van der Waals surface area (Å²) in [6, 6.07) is 1.67. The lowest BCUT2D eigenvalue weighted by molar-refractivity contribution is -0.135. The zero-order valence-electron chi connectivity index (χ0n) is 7.17. The van der Waals surface area contributed by atoms with Crippen LogP contribution in [0.1, 0.15) is 0 Å². The monoisotopic (exact) mass is 332 g/mol. The summed E-state index contributed by atoms with van der Waals surface area (Å²) in [5.74, 6) is -1.61. The average molecular weight is 334 g/mol. The van der Waals surface area contributed by atoms with Crippen molar-refractivity contribution in [1.29, 1.82) is 0 Å². The van der Waals surface area contributed by atoms with Crippen LogP contribution in [0.5, 0.6) is 0 Å². The molecule has 2 amide bonds. The fraction of sp³-hybridized carbons (Fsp3) is 0. The number of nitrogens with zero attached hydrogens (tertiary/aromatic N) is 1. The molecule has 0 unspecified atom stereocenters. The second kappa shape index (κ2) is 3.49. The van der Waals surface area contributed by atoms with Crippen molar-refractivity contribution >= 4 is 60.7 Å². The Morgan fingerprint density at radius 3 is 2.60 bits per heavy atom. The minimum absolute atomic E-state index is 0.345. The second-order valence-electron chi connectivity index (χ2n) is 2.85. The molecule has 1 aromatic carbocycles. The zero-order valence-corrected chi connectivity index (χ0v) is 10.3. The van der Waals surface area contributed by atoms with E-state index < -0.39 is 11.8 Å². The summed E-state index contributed by atoms with van der Waals surface area (Å²) in [7, 11) is 0. The predicted octanol–water partition coefficient (Wildman–Crippen LogP) is 1.51. The summed E-state index contributed by atoms with van der Waals surface area (Å²) >= 11 is 6.46. The van der Waals surface area contributed by atoms with E-state index in [9.17, 15) is 9.59 Å². The van der Waals surface area contributed by atoms with Gasteiger partial charge in [0, 0.05) is 8.95 Å². The molecule has 1 aliphatic heterocycles. The van der Waals surface area contributed by atoms with Crippen molar-refractivity contribution in [2.45, 2.75) is 0 Å². The van der Waals surface area contributed by atoms with E-state index in [1.165, 1.54) is 0 Å². The largest absolute Gasteiger partial charge is 0.396 e. The van der Waals surface area contributed by atoms with Crippen molar-refractivity contribution in [3.8, 4) is 0 Å².